The Hall–Kier alpha value is -1.23. The molecular weight excluding hydrogens is 346 g/mol. The van der Waals surface area contributed by atoms with E-state index in [2.05, 4.69) is 20.9 Å². The first-order valence-corrected chi connectivity index (χ1v) is 7.48. The molecule has 0 saturated heterocycles. The average molecular weight is 353 g/mol. The van der Waals surface area contributed by atoms with E-state index in [-0.39, 0.29) is 5.78 Å². The van der Waals surface area contributed by atoms with Crippen molar-refractivity contribution >= 4 is 54.9 Å². The van der Waals surface area contributed by atoms with Crippen LogP contribution in [0.15, 0.2) is 46.9 Å². The molecule has 0 N–H and O–H groups in total. The summed E-state index contributed by atoms with van der Waals surface area (Å²) in [4.78, 5) is 16.7. The Morgan fingerprint density at radius 1 is 1.21 bits per heavy atom. The second kappa shape index (κ2) is 5.04. The van der Waals surface area contributed by atoms with E-state index in [0.29, 0.717) is 15.6 Å². The molecule has 0 saturated carbocycles. The number of nitrogens with zero attached hydrogens (tertiary/aromatic N) is 1. The van der Waals surface area contributed by atoms with Crippen LogP contribution in [-0.2, 0) is 0 Å². The lowest BCUT2D eigenvalue weighted by Crippen LogP contribution is -1.99. The lowest BCUT2D eigenvalue weighted by Gasteiger charge is -1.97. The van der Waals surface area contributed by atoms with Crippen molar-refractivity contribution in [2.24, 2.45) is 0 Å². The lowest BCUT2D eigenvalue weighted by molar-refractivity contribution is 0.103. The van der Waals surface area contributed by atoms with Gasteiger partial charge in [0.2, 0.25) is 5.78 Å². The van der Waals surface area contributed by atoms with E-state index < -0.39 is 0 Å². The molecule has 2 aromatic carbocycles. The van der Waals surface area contributed by atoms with Crippen molar-refractivity contribution in [2.75, 3.05) is 0 Å². The molecule has 1 aromatic heterocycles. The van der Waals surface area contributed by atoms with E-state index in [1.165, 1.54) is 11.3 Å². The van der Waals surface area contributed by atoms with Gasteiger partial charge in [0.15, 0.2) is 5.01 Å². The fraction of sp³-hybridized carbons (Fsp3) is 0. The Kier molecular flexibility index (Phi) is 3.39. The van der Waals surface area contributed by atoms with E-state index in [1.807, 2.05) is 18.2 Å². The maximum absolute atomic E-state index is 12.3. The van der Waals surface area contributed by atoms with Crippen molar-refractivity contribution in [3.63, 3.8) is 0 Å². The average Bonchev–Trinajstić information content (AvgIpc) is 2.80. The number of fused-ring (bicyclic) bond motifs is 1. The van der Waals surface area contributed by atoms with E-state index in [4.69, 9.17) is 11.6 Å². The van der Waals surface area contributed by atoms with Gasteiger partial charge in [-0.05, 0) is 30.3 Å². The molecule has 0 bridgehead atoms. The summed E-state index contributed by atoms with van der Waals surface area (Å²) < 4.78 is 1.84. The summed E-state index contributed by atoms with van der Waals surface area (Å²) in [6, 6.07) is 12.7. The largest absolute Gasteiger partial charge is 0.286 e. The topological polar surface area (TPSA) is 30.0 Å². The normalized spacial score (nSPS) is 10.8. The van der Waals surface area contributed by atoms with Crippen LogP contribution < -0.4 is 0 Å². The van der Waals surface area contributed by atoms with Crippen molar-refractivity contribution in [3.05, 3.63) is 62.5 Å². The number of carbonyl (C=O) groups is 1. The maximum atomic E-state index is 12.3. The predicted octanol–water partition coefficient (Wildman–Crippen LogP) is 4.94. The number of hydrogen-bond donors (Lipinski definition) is 0. The second-order valence-corrected chi connectivity index (χ2v) is 6.35. The molecule has 0 radical (unpaired) electrons. The van der Waals surface area contributed by atoms with Gasteiger partial charge in [-0.3, -0.25) is 4.79 Å². The number of benzene rings is 2. The molecule has 5 heteroatoms. The molecule has 0 atom stereocenters. The van der Waals surface area contributed by atoms with Crippen LogP contribution in [0.1, 0.15) is 15.4 Å². The number of halogens is 2. The molecule has 0 spiro atoms. The third-order valence-corrected chi connectivity index (χ3v) is 4.39. The molecular formula is C14H7BrClNOS. The van der Waals surface area contributed by atoms with E-state index in [1.54, 1.807) is 24.3 Å². The summed E-state index contributed by atoms with van der Waals surface area (Å²) in [6.45, 7) is 0. The highest BCUT2D eigenvalue weighted by molar-refractivity contribution is 9.10. The summed E-state index contributed by atoms with van der Waals surface area (Å²) in [5.41, 5.74) is 1.38. The Bertz CT molecular complexity index is 784. The molecule has 3 aromatic rings. The van der Waals surface area contributed by atoms with E-state index in [0.717, 1.165) is 14.7 Å². The van der Waals surface area contributed by atoms with Crippen molar-refractivity contribution in [3.8, 4) is 0 Å². The van der Waals surface area contributed by atoms with E-state index >= 15 is 0 Å². The van der Waals surface area contributed by atoms with Crippen LogP contribution in [0.25, 0.3) is 10.2 Å². The van der Waals surface area contributed by atoms with Crippen LogP contribution in [-0.4, -0.2) is 10.8 Å². The minimum absolute atomic E-state index is 0.0707. The Morgan fingerprint density at radius 2 is 2.05 bits per heavy atom. The highest BCUT2D eigenvalue weighted by atomic mass is 79.9. The molecule has 0 aliphatic carbocycles. The first-order chi connectivity index (χ1) is 9.13. The lowest BCUT2D eigenvalue weighted by atomic mass is 10.1. The van der Waals surface area contributed by atoms with Gasteiger partial charge in [0.25, 0.3) is 0 Å². The van der Waals surface area contributed by atoms with Crippen molar-refractivity contribution in [2.45, 2.75) is 0 Å². The molecule has 19 heavy (non-hydrogen) atoms. The molecule has 0 amide bonds. The minimum Gasteiger partial charge on any atom is -0.286 e. The van der Waals surface area contributed by atoms with Gasteiger partial charge in [-0.15, -0.1) is 11.3 Å². The third-order valence-electron chi connectivity index (χ3n) is 2.63. The van der Waals surface area contributed by atoms with Crippen molar-refractivity contribution in [1.29, 1.82) is 0 Å². The predicted molar refractivity (Wildman–Crippen MR) is 82.2 cm³/mol. The van der Waals surface area contributed by atoms with Crippen molar-refractivity contribution in [1.82, 2.24) is 4.98 Å². The third kappa shape index (κ3) is 2.56. The molecule has 2 nitrogen and oxygen atoms in total. The fourth-order valence-electron chi connectivity index (χ4n) is 1.75. The van der Waals surface area contributed by atoms with Crippen LogP contribution in [0.4, 0.5) is 0 Å². The second-order valence-electron chi connectivity index (χ2n) is 3.97. The Balaban J connectivity index is 2.06. The van der Waals surface area contributed by atoms with Crippen LogP contribution in [0.5, 0.6) is 0 Å². The maximum Gasteiger partial charge on any atom is 0.221 e. The van der Waals surface area contributed by atoms with Gasteiger partial charge in [-0.2, -0.15) is 0 Å². The first kappa shape index (κ1) is 12.8. The number of carbonyl (C=O) groups excluding carboxylic acids is 1. The zero-order valence-corrected chi connectivity index (χ0v) is 12.7. The summed E-state index contributed by atoms with van der Waals surface area (Å²) in [7, 11) is 0. The smallest absolute Gasteiger partial charge is 0.221 e. The summed E-state index contributed by atoms with van der Waals surface area (Å²) >= 11 is 10.7. The molecule has 3 rings (SSSR count). The van der Waals surface area contributed by atoms with Crippen LogP contribution in [0, 0.1) is 0 Å². The van der Waals surface area contributed by atoms with Gasteiger partial charge in [0.1, 0.15) is 0 Å². The van der Waals surface area contributed by atoms with Crippen LogP contribution >= 0.6 is 38.9 Å². The molecule has 0 aliphatic heterocycles. The molecule has 0 unspecified atom stereocenters. The monoisotopic (exact) mass is 351 g/mol. The highest BCUT2D eigenvalue weighted by Gasteiger charge is 2.14. The van der Waals surface area contributed by atoms with E-state index in [9.17, 15) is 4.79 Å². The standard InChI is InChI=1S/C14H7BrClNOS/c15-9-3-1-2-8(6-9)13(18)14-17-11-7-10(16)4-5-12(11)19-14/h1-7H. The van der Waals surface area contributed by atoms with Crippen LogP contribution in [0.2, 0.25) is 5.02 Å². The van der Waals surface area contributed by atoms with Gasteiger partial charge in [0.05, 0.1) is 10.2 Å². The van der Waals surface area contributed by atoms with Gasteiger partial charge in [-0.1, -0.05) is 39.7 Å². The van der Waals surface area contributed by atoms with Gasteiger partial charge < -0.3 is 0 Å². The molecule has 0 fully saturated rings. The quantitative estimate of drug-likeness (QED) is 0.611. The summed E-state index contributed by atoms with van der Waals surface area (Å²) in [5, 5.41) is 1.11. The molecule has 94 valence electrons. The number of thiazole rings is 1. The van der Waals surface area contributed by atoms with Gasteiger partial charge >= 0.3 is 0 Å². The number of rotatable bonds is 2. The van der Waals surface area contributed by atoms with Gasteiger partial charge in [-0.25, -0.2) is 4.98 Å². The summed E-state index contributed by atoms with van der Waals surface area (Å²) in [6.07, 6.45) is 0. The van der Waals surface area contributed by atoms with Crippen LogP contribution in [0.3, 0.4) is 0 Å². The highest BCUT2D eigenvalue weighted by Crippen LogP contribution is 2.26. The zero-order chi connectivity index (χ0) is 13.4. The zero-order valence-electron chi connectivity index (χ0n) is 9.56. The fourth-order valence-corrected chi connectivity index (χ4v) is 3.22. The minimum atomic E-state index is -0.0707. The molecule has 0 aliphatic rings. The first-order valence-electron chi connectivity index (χ1n) is 5.50. The number of aromatic nitrogens is 1. The number of ketones is 1. The number of hydrogen-bond acceptors (Lipinski definition) is 3. The Morgan fingerprint density at radius 3 is 2.84 bits per heavy atom. The SMILES string of the molecule is O=C(c1cccc(Br)c1)c1nc2cc(Cl)ccc2s1. The van der Waals surface area contributed by atoms with Crippen molar-refractivity contribution < 1.29 is 4.79 Å². The van der Waals surface area contributed by atoms with Gasteiger partial charge in [0, 0.05) is 15.1 Å². The Labute approximate surface area is 127 Å². The molecule has 1 heterocycles. The summed E-state index contributed by atoms with van der Waals surface area (Å²) in [5.74, 6) is -0.0707.